The van der Waals surface area contributed by atoms with Crippen LogP contribution in [-0.2, 0) is 0 Å². The first-order valence-electron chi connectivity index (χ1n) is 4.81. The number of carbonyl (C=O) groups excluding carboxylic acids is 1. The van der Waals surface area contributed by atoms with Gasteiger partial charge in [-0.05, 0) is 25.5 Å². The lowest BCUT2D eigenvalue weighted by Crippen LogP contribution is -2.35. The van der Waals surface area contributed by atoms with Crippen LogP contribution in [0.15, 0.2) is 30.5 Å². The third-order valence-corrected chi connectivity index (χ3v) is 2.68. The van der Waals surface area contributed by atoms with Crippen LogP contribution in [0, 0.1) is 13.8 Å². The molecule has 3 heteroatoms. The molecule has 0 aromatic carbocycles. The quantitative estimate of drug-likeness (QED) is 0.691. The zero-order chi connectivity index (χ0) is 11.0. The Bertz CT molecular complexity index is 547. The molecule has 2 heterocycles. The molecule has 15 heavy (non-hydrogen) atoms. The largest absolute Gasteiger partial charge is 0.360 e. The molecule has 0 aliphatic rings. The second-order valence-corrected chi connectivity index (χ2v) is 3.66. The first kappa shape index (κ1) is 9.65. The molecule has 2 aromatic heterocycles. The number of hydrogen-bond acceptors (Lipinski definition) is 1. The Morgan fingerprint density at radius 2 is 2.07 bits per heavy atom. The third kappa shape index (κ3) is 1.46. The average molecular weight is 201 g/mol. The number of nitrogens with zero attached hydrogens (tertiary/aromatic N) is 1. The van der Waals surface area contributed by atoms with Gasteiger partial charge in [-0.2, -0.15) is 4.40 Å². The van der Waals surface area contributed by atoms with Gasteiger partial charge in [0.15, 0.2) is 6.20 Å². The highest BCUT2D eigenvalue weighted by Crippen LogP contribution is 2.11. The minimum atomic E-state index is -0.391. The molecule has 2 aromatic rings. The molecule has 2 N–H and O–H groups in total. The van der Waals surface area contributed by atoms with Gasteiger partial charge in [0.2, 0.25) is 5.52 Å². The monoisotopic (exact) mass is 201 g/mol. The van der Waals surface area contributed by atoms with Crippen LogP contribution in [0.3, 0.4) is 0 Å². The summed E-state index contributed by atoms with van der Waals surface area (Å²) in [5.41, 5.74) is 8.95. The van der Waals surface area contributed by atoms with Crippen molar-refractivity contribution in [3.63, 3.8) is 0 Å². The molecule has 0 saturated heterocycles. The summed E-state index contributed by atoms with van der Waals surface area (Å²) >= 11 is 0. The maximum Gasteiger partial charge on any atom is 0.314 e. The van der Waals surface area contributed by atoms with Gasteiger partial charge in [-0.15, -0.1) is 0 Å². The molecule has 0 spiro atoms. The molecular formula is C12H13N2O+. The second kappa shape index (κ2) is 3.35. The third-order valence-electron chi connectivity index (χ3n) is 2.68. The number of aromatic nitrogens is 1. The number of rotatable bonds is 1. The normalized spacial score (nSPS) is 10.5. The fourth-order valence-electron chi connectivity index (χ4n) is 1.78. The van der Waals surface area contributed by atoms with Crippen LogP contribution in [0.4, 0.5) is 0 Å². The summed E-state index contributed by atoms with van der Waals surface area (Å²) in [7, 11) is 0. The predicted octanol–water partition coefficient (Wildman–Crippen LogP) is 1.14. The SMILES string of the molecule is Cc1cc2cccc[n+]2c(C(N)=O)c1C. The maximum absolute atomic E-state index is 11.4. The summed E-state index contributed by atoms with van der Waals surface area (Å²) in [6.07, 6.45) is 1.85. The zero-order valence-corrected chi connectivity index (χ0v) is 8.82. The summed E-state index contributed by atoms with van der Waals surface area (Å²) in [4.78, 5) is 11.4. The van der Waals surface area contributed by atoms with Crippen molar-refractivity contribution in [2.75, 3.05) is 0 Å². The van der Waals surface area contributed by atoms with Crippen LogP contribution < -0.4 is 10.1 Å². The highest BCUT2D eigenvalue weighted by atomic mass is 16.1. The van der Waals surface area contributed by atoms with Gasteiger partial charge < -0.3 is 5.73 Å². The summed E-state index contributed by atoms with van der Waals surface area (Å²) in [5.74, 6) is -0.391. The number of primary amides is 1. The molecule has 0 unspecified atom stereocenters. The number of nitrogens with two attached hydrogens (primary N) is 1. The molecule has 0 aliphatic carbocycles. The van der Waals surface area contributed by atoms with Crippen molar-refractivity contribution in [1.82, 2.24) is 0 Å². The maximum atomic E-state index is 11.4. The molecule has 0 atom stereocenters. The molecule has 1 amide bonds. The van der Waals surface area contributed by atoms with Gasteiger partial charge in [-0.3, -0.25) is 4.79 Å². The van der Waals surface area contributed by atoms with Crippen molar-refractivity contribution in [1.29, 1.82) is 0 Å². The van der Waals surface area contributed by atoms with Gasteiger partial charge in [-0.25, -0.2) is 0 Å². The van der Waals surface area contributed by atoms with Crippen LogP contribution >= 0.6 is 0 Å². The first-order valence-corrected chi connectivity index (χ1v) is 4.81. The lowest BCUT2D eigenvalue weighted by atomic mass is 10.1. The van der Waals surface area contributed by atoms with Crippen molar-refractivity contribution < 1.29 is 9.20 Å². The fraction of sp³-hybridized carbons (Fsp3) is 0.167. The van der Waals surface area contributed by atoms with E-state index >= 15 is 0 Å². The molecule has 3 nitrogen and oxygen atoms in total. The van der Waals surface area contributed by atoms with Crippen LogP contribution in [0.1, 0.15) is 21.6 Å². The van der Waals surface area contributed by atoms with E-state index < -0.39 is 5.91 Å². The number of fused-ring (bicyclic) bond motifs is 1. The van der Waals surface area contributed by atoms with Crippen LogP contribution in [0.2, 0.25) is 0 Å². The van der Waals surface area contributed by atoms with Gasteiger partial charge in [0.25, 0.3) is 5.69 Å². The van der Waals surface area contributed by atoms with Gasteiger partial charge >= 0.3 is 5.91 Å². The van der Waals surface area contributed by atoms with Gasteiger partial charge in [0, 0.05) is 23.8 Å². The van der Waals surface area contributed by atoms with E-state index in [1.165, 1.54) is 0 Å². The van der Waals surface area contributed by atoms with Crippen LogP contribution in [0.5, 0.6) is 0 Å². The summed E-state index contributed by atoms with van der Waals surface area (Å²) < 4.78 is 1.82. The summed E-state index contributed by atoms with van der Waals surface area (Å²) in [6, 6.07) is 7.82. The van der Waals surface area contributed by atoms with E-state index in [-0.39, 0.29) is 0 Å². The Kier molecular flexibility index (Phi) is 2.15. The topological polar surface area (TPSA) is 47.2 Å². The van der Waals surface area contributed by atoms with Gasteiger partial charge in [-0.1, -0.05) is 0 Å². The van der Waals surface area contributed by atoms with Gasteiger partial charge in [0.1, 0.15) is 0 Å². The van der Waals surface area contributed by atoms with Crippen molar-refractivity contribution in [3.8, 4) is 0 Å². The Balaban J connectivity index is 2.95. The Labute approximate surface area is 88.2 Å². The smallest absolute Gasteiger partial charge is 0.314 e. The zero-order valence-electron chi connectivity index (χ0n) is 8.82. The number of carbonyl (C=O) groups is 1. The number of amides is 1. The molecular weight excluding hydrogens is 188 g/mol. The molecule has 76 valence electrons. The molecule has 0 aliphatic heterocycles. The minimum absolute atomic E-state index is 0.391. The van der Waals surface area contributed by atoms with Crippen molar-refractivity contribution in [3.05, 3.63) is 47.3 Å². The fourth-order valence-corrected chi connectivity index (χ4v) is 1.78. The van der Waals surface area contributed by atoms with Crippen molar-refractivity contribution in [2.24, 2.45) is 5.73 Å². The van der Waals surface area contributed by atoms with E-state index in [0.29, 0.717) is 5.69 Å². The Morgan fingerprint density at radius 1 is 1.33 bits per heavy atom. The molecule has 2 rings (SSSR count). The van der Waals surface area contributed by atoms with Crippen molar-refractivity contribution in [2.45, 2.75) is 13.8 Å². The molecule has 0 bridgehead atoms. The molecule has 0 radical (unpaired) electrons. The van der Waals surface area contributed by atoms with Crippen LogP contribution in [0.25, 0.3) is 5.52 Å². The Morgan fingerprint density at radius 3 is 2.73 bits per heavy atom. The molecule has 0 saturated carbocycles. The summed E-state index contributed by atoms with van der Waals surface area (Å²) in [5, 5.41) is 0. The minimum Gasteiger partial charge on any atom is -0.360 e. The lowest BCUT2D eigenvalue weighted by molar-refractivity contribution is -0.515. The predicted molar refractivity (Wildman–Crippen MR) is 57.6 cm³/mol. The van der Waals surface area contributed by atoms with Crippen molar-refractivity contribution >= 4 is 11.4 Å². The Hall–Kier alpha value is -1.90. The van der Waals surface area contributed by atoms with Gasteiger partial charge in [0.05, 0.1) is 0 Å². The molecule has 0 fully saturated rings. The average Bonchev–Trinajstić information content (AvgIpc) is 2.19. The van der Waals surface area contributed by atoms with E-state index in [0.717, 1.165) is 16.6 Å². The lowest BCUT2D eigenvalue weighted by Gasteiger charge is -2.03. The van der Waals surface area contributed by atoms with E-state index in [4.69, 9.17) is 5.73 Å². The number of aryl methyl sites for hydroxylation is 1. The number of pyridine rings is 2. The summed E-state index contributed by atoms with van der Waals surface area (Å²) in [6.45, 7) is 3.89. The highest BCUT2D eigenvalue weighted by Gasteiger charge is 2.20. The highest BCUT2D eigenvalue weighted by molar-refractivity contribution is 5.91. The van der Waals surface area contributed by atoms with E-state index in [2.05, 4.69) is 0 Å². The standard InChI is InChI=1S/C12H12N2O/c1-8-7-10-5-3-4-6-14(10)11(9(8)2)12(13)15/h3-7H,1-2H3,(H-,13,15)/p+1. The number of hydrogen-bond donors (Lipinski definition) is 1. The van der Waals surface area contributed by atoms with E-state index in [1.54, 1.807) is 0 Å². The van der Waals surface area contributed by atoms with Crippen LogP contribution in [-0.4, -0.2) is 5.91 Å². The second-order valence-electron chi connectivity index (χ2n) is 3.66. The van der Waals surface area contributed by atoms with E-state index in [1.807, 2.05) is 48.7 Å². The first-order chi connectivity index (χ1) is 7.11. The van der Waals surface area contributed by atoms with E-state index in [9.17, 15) is 4.79 Å².